The Kier molecular flexibility index (Phi) is 10.4. The fraction of sp³-hybridized carbons (Fsp3) is 0. The van der Waals surface area contributed by atoms with E-state index >= 15 is 0 Å². The van der Waals surface area contributed by atoms with Crippen molar-refractivity contribution in [2.24, 2.45) is 4.52 Å². The molecule has 0 aliphatic carbocycles. The van der Waals surface area contributed by atoms with Crippen LogP contribution in [0.4, 0.5) is 17.1 Å². The second-order valence-corrected chi connectivity index (χ2v) is 16.3. The van der Waals surface area contributed by atoms with Crippen molar-refractivity contribution in [3.63, 3.8) is 0 Å². The third-order valence-corrected chi connectivity index (χ3v) is 13.8. The molecular formula is C36H33N6O6P3. The monoisotopic (exact) mass is 738 g/mol. The molecule has 2 atom stereocenters. The molecule has 6 aromatic rings. The Hall–Kier alpha value is -5.47. The molecule has 0 bridgehead atoms. The van der Waals surface area contributed by atoms with Gasteiger partial charge < -0.3 is 45.0 Å². The third-order valence-electron chi connectivity index (χ3n) is 6.91. The highest BCUT2D eigenvalue weighted by molar-refractivity contribution is 7.78. The van der Waals surface area contributed by atoms with Gasteiger partial charge >= 0.3 is 24.6 Å². The first-order valence-electron chi connectivity index (χ1n) is 15.6. The average Bonchev–Trinajstić information content (AvgIpc) is 3.15. The minimum absolute atomic E-state index is 0.410. The molecule has 6 N–H and O–H groups in total. The zero-order valence-electron chi connectivity index (χ0n) is 27.0. The Balaban J connectivity index is 1.47. The second kappa shape index (κ2) is 15.6. The van der Waals surface area contributed by atoms with Crippen molar-refractivity contribution in [1.29, 1.82) is 0 Å². The lowest BCUT2D eigenvalue weighted by atomic mass is 10.3. The summed E-state index contributed by atoms with van der Waals surface area (Å²) in [7, 11) is -8.21. The molecule has 0 aromatic heterocycles. The van der Waals surface area contributed by atoms with Gasteiger partial charge in [-0.05, 0) is 109 Å². The Morgan fingerprint density at radius 3 is 1.29 bits per heavy atom. The minimum atomic E-state index is -3.86. The van der Waals surface area contributed by atoms with Crippen molar-refractivity contribution in [2.45, 2.75) is 0 Å². The summed E-state index contributed by atoms with van der Waals surface area (Å²) in [5.74, 6) is 2.80. The van der Waals surface area contributed by atoms with E-state index in [0.29, 0.717) is 51.6 Å². The Morgan fingerprint density at radius 1 is 0.431 bits per heavy atom. The maximum atomic E-state index is 6.88. The van der Waals surface area contributed by atoms with Crippen LogP contribution in [-0.4, -0.2) is 9.21 Å². The first-order valence-corrected chi connectivity index (χ1v) is 19.4. The normalized spacial score (nSPS) is 17.0. The van der Waals surface area contributed by atoms with E-state index < -0.39 is 24.6 Å². The number of nitrogens with zero attached hydrogens (tertiary/aromatic N) is 3. The van der Waals surface area contributed by atoms with Gasteiger partial charge in [-0.25, -0.2) is 0 Å². The van der Waals surface area contributed by atoms with Gasteiger partial charge in [0, 0.05) is 26.3 Å². The van der Waals surface area contributed by atoms with Crippen LogP contribution in [0.1, 0.15) is 0 Å². The molecule has 1 aliphatic rings. The summed E-state index contributed by atoms with van der Waals surface area (Å²) >= 11 is 0. The van der Waals surface area contributed by atoms with E-state index in [1.807, 2.05) is 91.0 Å². The van der Waals surface area contributed by atoms with E-state index in [1.165, 1.54) is 4.60 Å². The van der Waals surface area contributed by atoms with Crippen molar-refractivity contribution in [3.05, 3.63) is 164 Å². The maximum Gasteiger partial charge on any atom is 0.447 e. The van der Waals surface area contributed by atoms with Crippen LogP contribution < -0.4 is 45.0 Å². The lowest BCUT2D eigenvalue weighted by Gasteiger charge is -2.43. The largest absolute Gasteiger partial charge is 0.447 e. The molecule has 15 heteroatoms. The summed E-state index contributed by atoms with van der Waals surface area (Å²) in [5, 5.41) is 0. The number of nitrogen functional groups attached to an aromatic ring is 3. The Labute approximate surface area is 297 Å². The van der Waals surface area contributed by atoms with Crippen molar-refractivity contribution in [1.82, 2.24) is 9.21 Å². The maximum absolute atomic E-state index is 6.88. The summed E-state index contributed by atoms with van der Waals surface area (Å²) in [6, 6.07) is 48.6. The molecule has 258 valence electrons. The number of hydrogen-bond acceptors (Lipinski definition) is 12. The molecule has 1 heterocycles. The van der Waals surface area contributed by atoms with Gasteiger partial charge in [0.05, 0.1) is 0 Å². The van der Waals surface area contributed by atoms with Gasteiger partial charge in [0.2, 0.25) is 0 Å². The molecule has 0 amide bonds. The molecule has 6 aromatic carbocycles. The zero-order chi connectivity index (χ0) is 35.0. The molecule has 0 saturated heterocycles. The van der Waals surface area contributed by atoms with Crippen molar-refractivity contribution < 1.29 is 27.8 Å². The predicted octanol–water partition coefficient (Wildman–Crippen LogP) is 10.1. The summed E-state index contributed by atoms with van der Waals surface area (Å²) in [6.07, 6.45) is 0. The van der Waals surface area contributed by atoms with Crippen LogP contribution >= 0.6 is 24.6 Å². The van der Waals surface area contributed by atoms with Crippen LogP contribution in [0, 0.1) is 0 Å². The van der Waals surface area contributed by atoms with Gasteiger partial charge in [0.1, 0.15) is 34.5 Å². The van der Waals surface area contributed by atoms with Crippen molar-refractivity contribution in [2.75, 3.05) is 17.2 Å². The first kappa shape index (κ1) is 34.0. The Morgan fingerprint density at radius 2 is 0.824 bits per heavy atom. The van der Waals surface area contributed by atoms with Crippen LogP contribution in [0.15, 0.2) is 168 Å². The Bertz CT molecular complexity index is 2020. The summed E-state index contributed by atoms with van der Waals surface area (Å²) < 4.78 is 35.6. The fourth-order valence-corrected chi connectivity index (χ4v) is 12.0. The number of para-hydroxylation sites is 3. The molecule has 7 rings (SSSR count). The lowest BCUT2D eigenvalue weighted by Crippen LogP contribution is -2.37. The molecule has 0 fully saturated rings. The van der Waals surface area contributed by atoms with Crippen molar-refractivity contribution >= 4 is 41.6 Å². The minimum Gasteiger partial charge on any atom is -0.440 e. The summed E-state index contributed by atoms with van der Waals surface area (Å²) in [6.45, 7) is 0. The quantitative estimate of drug-likeness (QED) is 0.0812. The standard InChI is InChI=1S/C36H33N6O6P3/c37-28-16-22-34(23-17-28)45-49-40-51(47-35-24-18-29(38)19-25-35,48-36-26-20-30(39)21-27-36)42(44-32-12-6-2-7-13-32)50(46-33-14-8-3-9-15-33)41(49)43-31-10-4-1-5-11-31/h1-27H,37-39H2. The van der Waals surface area contributed by atoms with Gasteiger partial charge in [-0.1, -0.05) is 54.6 Å². The average molecular weight is 739 g/mol. The molecule has 12 nitrogen and oxygen atoms in total. The third kappa shape index (κ3) is 8.47. The van der Waals surface area contributed by atoms with Gasteiger partial charge in [0.25, 0.3) is 0 Å². The van der Waals surface area contributed by atoms with E-state index in [-0.39, 0.29) is 0 Å². The molecular weight excluding hydrogens is 705 g/mol. The topological polar surface area (TPSA) is 152 Å². The number of nitrogens with two attached hydrogens (primary N) is 3. The van der Waals surface area contributed by atoms with Crippen molar-refractivity contribution in [3.8, 4) is 34.5 Å². The number of benzene rings is 6. The van der Waals surface area contributed by atoms with E-state index in [4.69, 9.17) is 49.5 Å². The highest BCUT2D eigenvalue weighted by Gasteiger charge is 2.58. The molecule has 1 aliphatic heterocycles. The van der Waals surface area contributed by atoms with Crippen LogP contribution in [0.2, 0.25) is 0 Å². The second-order valence-electron chi connectivity index (χ2n) is 10.8. The highest BCUT2D eigenvalue weighted by atomic mass is 31.3. The van der Waals surface area contributed by atoms with E-state index in [9.17, 15) is 0 Å². The molecule has 2 unspecified atom stereocenters. The predicted molar refractivity (Wildman–Crippen MR) is 203 cm³/mol. The van der Waals surface area contributed by atoms with Gasteiger partial charge in [-0.3, -0.25) is 0 Å². The van der Waals surface area contributed by atoms with E-state index in [0.717, 1.165) is 0 Å². The van der Waals surface area contributed by atoms with Crippen LogP contribution in [-0.2, 0) is 0 Å². The van der Waals surface area contributed by atoms with Crippen LogP contribution in [0.5, 0.6) is 34.5 Å². The molecule has 0 spiro atoms. The van der Waals surface area contributed by atoms with Gasteiger partial charge in [-0.2, -0.15) is 0 Å². The van der Waals surface area contributed by atoms with Gasteiger partial charge in [-0.15, -0.1) is 4.52 Å². The highest BCUT2D eigenvalue weighted by Crippen LogP contribution is 2.77. The van der Waals surface area contributed by atoms with E-state index in [1.54, 1.807) is 77.4 Å². The summed E-state index contributed by atoms with van der Waals surface area (Å²) in [5.41, 5.74) is 19.8. The van der Waals surface area contributed by atoms with Crippen LogP contribution in [0.25, 0.3) is 0 Å². The summed E-state index contributed by atoms with van der Waals surface area (Å²) in [4.78, 5) is 13.4. The smallest absolute Gasteiger partial charge is 0.440 e. The molecule has 0 radical (unpaired) electrons. The number of hydrogen-bond donors (Lipinski definition) is 3. The zero-order valence-corrected chi connectivity index (χ0v) is 29.6. The SMILES string of the molecule is Nc1ccc(OP2N=P(Oc3ccc(N)cc3)(Oc3ccc(N)cc3)N(Oc3ccccc3)P(Oc3ccccc3)N2Oc2ccccc2)cc1. The molecule has 51 heavy (non-hydrogen) atoms. The van der Waals surface area contributed by atoms with E-state index in [2.05, 4.69) is 0 Å². The van der Waals surface area contributed by atoms with Crippen LogP contribution in [0.3, 0.4) is 0 Å². The first-order chi connectivity index (χ1) is 24.9. The molecule has 0 saturated carbocycles. The number of rotatable bonds is 12. The lowest BCUT2D eigenvalue weighted by molar-refractivity contribution is 0.0545. The van der Waals surface area contributed by atoms with Gasteiger partial charge in [0.15, 0.2) is 0 Å². The fourth-order valence-electron chi connectivity index (χ4n) is 4.48. The number of anilines is 3.